The van der Waals surface area contributed by atoms with E-state index in [0.717, 1.165) is 18.2 Å². The van der Waals surface area contributed by atoms with E-state index in [-0.39, 0.29) is 12.1 Å². The summed E-state index contributed by atoms with van der Waals surface area (Å²) in [5.41, 5.74) is -1.52. The van der Waals surface area contributed by atoms with Crippen molar-refractivity contribution in [3.8, 4) is 0 Å². The summed E-state index contributed by atoms with van der Waals surface area (Å²) in [5, 5.41) is 14.7. The smallest absolute Gasteiger partial charge is 0.216 e. The van der Waals surface area contributed by atoms with Crippen LogP contribution in [0.15, 0.2) is 49.2 Å². The Morgan fingerprint density at radius 1 is 1.25 bits per heavy atom. The monoisotopic (exact) mass is 426 g/mol. The fraction of sp³-hybridized carbons (Fsp3) is 0.278. The van der Waals surface area contributed by atoms with Crippen LogP contribution < -0.4 is 0 Å². The average molecular weight is 426 g/mol. The molecule has 2 atom stereocenters. The van der Waals surface area contributed by atoms with Crippen LogP contribution in [0.25, 0.3) is 0 Å². The Morgan fingerprint density at radius 3 is 2.79 bits per heavy atom. The molecule has 5 nitrogen and oxygen atoms in total. The molecule has 3 aromatic rings. The minimum Gasteiger partial charge on any atom is -0.382 e. The lowest BCUT2D eigenvalue weighted by molar-refractivity contribution is 0.0134. The molecule has 0 spiro atoms. The van der Waals surface area contributed by atoms with Crippen LogP contribution in [0.1, 0.15) is 18.1 Å². The van der Waals surface area contributed by atoms with Gasteiger partial charge in [-0.15, -0.1) is 0 Å². The number of rotatable bonds is 8. The van der Waals surface area contributed by atoms with Gasteiger partial charge in [0.15, 0.2) is 0 Å². The van der Waals surface area contributed by atoms with Crippen LogP contribution in [0.2, 0.25) is 0 Å². The van der Waals surface area contributed by atoms with E-state index in [4.69, 9.17) is 0 Å². The average Bonchev–Trinajstić information content (AvgIpc) is 3.17. The van der Waals surface area contributed by atoms with Gasteiger partial charge in [0.1, 0.15) is 29.9 Å². The first-order chi connectivity index (χ1) is 13.4. The molecule has 0 radical (unpaired) electrons. The van der Waals surface area contributed by atoms with Gasteiger partial charge in [0.2, 0.25) is 5.95 Å². The third-order valence-corrected chi connectivity index (χ3v) is 7.07. The lowest BCUT2D eigenvalue weighted by Crippen LogP contribution is -2.41. The standard InChI is InChI=1S/C18H17F3N4OS2/c1-12(28-27-8-13-3-2-6-23-17(13)21)18(26,9-25-11-22-10-24-25)15-7-14(19)4-5-16(15)20/h2-7,10-12,26H,8-9H2,1H3/t12-,18-/m1/s1. The van der Waals surface area contributed by atoms with Crippen LogP contribution in [-0.4, -0.2) is 30.1 Å². The van der Waals surface area contributed by atoms with E-state index in [1.807, 2.05) is 0 Å². The predicted molar refractivity (Wildman–Crippen MR) is 103 cm³/mol. The minimum absolute atomic E-state index is 0.122. The molecule has 2 aromatic heterocycles. The molecule has 0 aliphatic carbocycles. The summed E-state index contributed by atoms with van der Waals surface area (Å²) in [6.07, 6.45) is 4.04. The Kier molecular flexibility index (Phi) is 6.63. The van der Waals surface area contributed by atoms with Crippen LogP contribution >= 0.6 is 21.6 Å². The summed E-state index contributed by atoms with van der Waals surface area (Å²) >= 11 is 0. The summed E-state index contributed by atoms with van der Waals surface area (Å²) in [4.78, 5) is 7.42. The number of hydrogen-bond acceptors (Lipinski definition) is 6. The molecule has 3 rings (SSSR count). The van der Waals surface area contributed by atoms with Gasteiger partial charge in [-0.3, -0.25) is 0 Å². The number of hydrogen-bond donors (Lipinski definition) is 1. The van der Waals surface area contributed by atoms with E-state index < -0.39 is 28.4 Å². The van der Waals surface area contributed by atoms with Crippen LogP contribution in [0.3, 0.4) is 0 Å². The normalized spacial score (nSPS) is 14.6. The van der Waals surface area contributed by atoms with Crippen LogP contribution in [-0.2, 0) is 17.9 Å². The molecule has 148 valence electrons. The Bertz CT molecular complexity index is 929. The van der Waals surface area contributed by atoms with Gasteiger partial charge < -0.3 is 5.11 Å². The number of nitrogens with zero attached hydrogens (tertiary/aromatic N) is 4. The second-order valence-corrected chi connectivity index (χ2v) is 8.80. The Morgan fingerprint density at radius 2 is 2.07 bits per heavy atom. The first-order valence-electron chi connectivity index (χ1n) is 8.28. The number of benzene rings is 1. The lowest BCUT2D eigenvalue weighted by Gasteiger charge is -2.34. The van der Waals surface area contributed by atoms with Gasteiger partial charge >= 0.3 is 0 Å². The van der Waals surface area contributed by atoms with E-state index >= 15 is 0 Å². The fourth-order valence-corrected chi connectivity index (χ4v) is 5.28. The molecular weight excluding hydrogens is 409 g/mol. The highest BCUT2D eigenvalue weighted by atomic mass is 33.1. The van der Waals surface area contributed by atoms with Crippen molar-refractivity contribution in [3.05, 3.63) is 77.9 Å². The van der Waals surface area contributed by atoms with Gasteiger partial charge in [0, 0.05) is 28.3 Å². The van der Waals surface area contributed by atoms with Crippen LogP contribution in [0.4, 0.5) is 13.2 Å². The molecule has 0 bridgehead atoms. The molecule has 0 aliphatic heterocycles. The highest BCUT2D eigenvalue weighted by Crippen LogP contribution is 2.42. The van der Waals surface area contributed by atoms with Crippen molar-refractivity contribution in [1.29, 1.82) is 0 Å². The maximum atomic E-state index is 14.4. The summed E-state index contributed by atoms with van der Waals surface area (Å²) in [7, 11) is 2.53. The van der Waals surface area contributed by atoms with E-state index in [1.54, 1.807) is 19.1 Å². The zero-order valence-electron chi connectivity index (χ0n) is 14.8. The topological polar surface area (TPSA) is 63.8 Å². The second-order valence-electron chi connectivity index (χ2n) is 6.10. The van der Waals surface area contributed by atoms with Gasteiger partial charge in [0.25, 0.3) is 0 Å². The third kappa shape index (κ3) is 4.68. The fourth-order valence-electron chi connectivity index (χ4n) is 2.63. The maximum Gasteiger partial charge on any atom is 0.216 e. The summed E-state index contributed by atoms with van der Waals surface area (Å²) in [6, 6.07) is 6.21. The van der Waals surface area contributed by atoms with Gasteiger partial charge in [-0.2, -0.15) is 9.49 Å². The predicted octanol–water partition coefficient (Wildman–Crippen LogP) is 3.95. The molecule has 0 saturated carbocycles. The molecule has 0 fully saturated rings. The van der Waals surface area contributed by atoms with E-state index in [9.17, 15) is 18.3 Å². The number of aliphatic hydroxyl groups is 1. The largest absolute Gasteiger partial charge is 0.382 e. The summed E-state index contributed by atoms with van der Waals surface area (Å²) in [5.74, 6) is -1.63. The van der Waals surface area contributed by atoms with Crippen molar-refractivity contribution in [2.45, 2.75) is 30.1 Å². The third-order valence-electron chi connectivity index (χ3n) is 4.20. The molecule has 1 aromatic carbocycles. The molecule has 1 N–H and O–H groups in total. The van der Waals surface area contributed by atoms with E-state index in [0.29, 0.717) is 11.3 Å². The molecule has 2 heterocycles. The van der Waals surface area contributed by atoms with E-state index in [2.05, 4.69) is 15.1 Å². The summed E-state index contributed by atoms with van der Waals surface area (Å²) in [6.45, 7) is 1.57. The number of pyridine rings is 1. The second kappa shape index (κ2) is 8.97. The molecule has 0 saturated heterocycles. The highest BCUT2D eigenvalue weighted by molar-refractivity contribution is 8.76. The number of aromatic nitrogens is 4. The van der Waals surface area contributed by atoms with E-state index in [1.165, 1.54) is 45.1 Å². The molecular formula is C18H17F3N4OS2. The Balaban J connectivity index is 1.81. The SMILES string of the molecule is C[C@@H](SSCc1cccnc1F)[C@](O)(Cn1cncn1)c1cc(F)ccc1F. The Hall–Kier alpha value is -2.04. The van der Waals surface area contributed by atoms with Gasteiger partial charge in [-0.1, -0.05) is 27.7 Å². The highest BCUT2D eigenvalue weighted by Gasteiger charge is 2.40. The lowest BCUT2D eigenvalue weighted by atomic mass is 9.90. The summed E-state index contributed by atoms with van der Waals surface area (Å²) < 4.78 is 43.2. The quantitative estimate of drug-likeness (QED) is 0.435. The maximum absolute atomic E-state index is 14.4. The zero-order chi connectivity index (χ0) is 20.1. The number of halogens is 3. The molecule has 0 unspecified atom stereocenters. The van der Waals surface area contributed by atoms with Gasteiger partial charge in [-0.05, 0) is 31.2 Å². The molecule has 28 heavy (non-hydrogen) atoms. The van der Waals surface area contributed by atoms with Crippen molar-refractivity contribution >= 4 is 21.6 Å². The van der Waals surface area contributed by atoms with Crippen molar-refractivity contribution in [1.82, 2.24) is 19.7 Å². The van der Waals surface area contributed by atoms with Crippen molar-refractivity contribution in [2.75, 3.05) is 0 Å². The van der Waals surface area contributed by atoms with Crippen molar-refractivity contribution < 1.29 is 18.3 Å². The minimum atomic E-state index is -1.77. The Labute approximate surface area is 167 Å². The molecule has 0 amide bonds. The molecule has 0 aliphatic rings. The van der Waals surface area contributed by atoms with Crippen molar-refractivity contribution in [2.24, 2.45) is 0 Å². The van der Waals surface area contributed by atoms with Gasteiger partial charge in [-0.25, -0.2) is 23.4 Å². The molecule has 10 heteroatoms. The first kappa shape index (κ1) is 20.7. The zero-order valence-corrected chi connectivity index (χ0v) is 16.4. The van der Waals surface area contributed by atoms with Crippen LogP contribution in [0, 0.1) is 17.6 Å². The van der Waals surface area contributed by atoms with Crippen molar-refractivity contribution in [3.63, 3.8) is 0 Å². The first-order valence-corrected chi connectivity index (χ1v) is 10.7. The van der Waals surface area contributed by atoms with Crippen LogP contribution in [0.5, 0.6) is 0 Å². The van der Waals surface area contributed by atoms with Gasteiger partial charge in [0.05, 0.1) is 6.54 Å².